The predicted octanol–water partition coefficient (Wildman–Crippen LogP) is 7.10. The first-order chi connectivity index (χ1) is 16.1. The van der Waals surface area contributed by atoms with Crippen molar-refractivity contribution in [2.75, 3.05) is 0 Å². The topological polar surface area (TPSA) is 60.7 Å². The molecule has 4 aliphatic carbocycles. The minimum Gasteiger partial charge on any atom is -0.393 e. The van der Waals surface area contributed by atoms with Gasteiger partial charge < -0.3 is 15.3 Å². The van der Waals surface area contributed by atoms with Crippen LogP contribution in [0.15, 0.2) is 22.8 Å². The van der Waals surface area contributed by atoms with Gasteiger partial charge in [-0.2, -0.15) is 0 Å². The number of allylic oxidation sites excluding steroid dienone is 3. The van der Waals surface area contributed by atoms with E-state index in [-0.39, 0.29) is 12.2 Å². The highest BCUT2D eigenvalue weighted by molar-refractivity contribution is 5.36. The molecule has 0 aromatic carbocycles. The second-order valence-electron chi connectivity index (χ2n) is 13.5. The molecule has 4 aliphatic rings. The molecule has 0 aliphatic heterocycles. The molecule has 3 N–H and O–H groups in total. The Morgan fingerprint density at radius 2 is 1.74 bits per heavy atom. The molecule has 0 aromatic heterocycles. The van der Waals surface area contributed by atoms with Crippen molar-refractivity contribution in [1.82, 2.24) is 0 Å². The van der Waals surface area contributed by atoms with Crippen molar-refractivity contribution in [3.8, 4) is 0 Å². The lowest BCUT2D eigenvalue weighted by molar-refractivity contribution is 0.0588. The van der Waals surface area contributed by atoms with E-state index in [1.54, 1.807) is 5.57 Å². The minimum absolute atomic E-state index is 0.384. The van der Waals surface area contributed by atoms with E-state index in [1.165, 1.54) is 75.4 Å². The Morgan fingerprint density at radius 1 is 1.06 bits per heavy atom. The van der Waals surface area contributed by atoms with Gasteiger partial charge in [-0.05, 0) is 119 Å². The molecule has 3 heteroatoms. The number of aliphatic hydroxyl groups is 3. The molecule has 4 rings (SSSR count). The molecule has 0 unspecified atom stereocenters. The highest BCUT2D eigenvalue weighted by Gasteiger charge is 2.50. The molecule has 0 radical (unpaired) electrons. The van der Waals surface area contributed by atoms with Gasteiger partial charge in [-0.3, -0.25) is 0 Å². The molecule has 34 heavy (non-hydrogen) atoms. The highest BCUT2D eigenvalue weighted by Crippen LogP contribution is 2.60. The summed E-state index contributed by atoms with van der Waals surface area (Å²) in [5, 5.41) is 31.0. The lowest BCUT2D eigenvalue weighted by Crippen LogP contribution is -2.36. The van der Waals surface area contributed by atoms with Crippen LogP contribution in [0.25, 0.3) is 0 Å². The van der Waals surface area contributed by atoms with E-state index in [0.717, 1.165) is 31.6 Å². The second-order valence-corrected chi connectivity index (χ2v) is 13.5. The zero-order chi connectivity index (χ0) is 24.5. The van der Waals surface area contributed by atoms with E-state index in [4.69, 9.17) is 0 Å². The molecule has 0 heterocycles. The van der Waals surface area contributed by atoms with Gasteiger partial charge in [0.25, 0.3) is 0 Å². The quantitative estimate of drug-likeness (QED) is 0.370. The molecule has 0 aromatic rings. The fourth-order valence-electron chi connectivity index (χ4n) is 8.56. The van der Waals surface area contributed by atoms with Crippen LogP contribution in [0.4, 0.5) is 0 Å². The summed E-state index contributed by atoms with van der Waals surface area (Å²) in [6.45, 7) is 8.93. The zero-order valence-corrected chi connectivity index (χ0v) is 22.5. The normalized spacial score (nSPS) is 37.3. The average Bonchev–Trinajstić information content (AvgIpc) is 3.38. The Labute approximate surface area is 209 Å². The van der Waals surface area contributed by atoms with Gasteiger partial charge >= 0.3 is 0 Å². The van der Waals surface area contributed by atoms with Crippen molar-refractivity contribution in [2.45, 2.75) is 142 Å². The monoisotopic (exact) mass is 472 g/mol. The third-order valence-electron chi connectivity index (χ3n) is 10.2. The largest absolute Gasteiger partial charge is 0.393 e. The summed E-state index contributed by atoms with van der Waals surface area (Å²) in [4.78, 5) is 0. The zero-order valence-electron chi connectivity index (χ0n) is 22.5. The molecule has 0 bridgehead atoms. The van der Waals surface area contributed by atoms with Crippen molar-refractivity contribution in [1.29, 1.82) is 0 Å². The van der Waals surface area contributed by atoms with Crippen LogP contribution in [0.2, 0.25) is 0 Å². The summed E-state index contributed by atoms with van der Waals surface area (Å²) in [6, 6.07) is 0. The van der Waals surface area contributed by atoms with Gasteiger partial charge in [0.2, 0.25) is 0 Å². The van der Waals surface area contributed by atoms with Crippen molar-refractivity contribution in [3.63, 3.8) is 0 Å². The van der Waals surface area contributed by atoms with Crippen LogP contribution >= 0.6 is 0 Å². The lowest BCUT2D eigenvalue weighted by atomic mass is 9.60. The van der Waals surface area contributed by atoms with Gasteiger partial charge in [0.15, 0.2) is 0 Å². The Bertz CT molecular complexity index is 741. The van der Waals surface area contributed by atoms with Crippen molar-refractivity contribution < 1.29 is 15.3 Å². The van der Waals surface area contributed by atoms with Crippen LogP contribution < -0.4 is 0 Å². The fraction of sp³-hybridized carbons (Fsp3) is 0.871. The maximum atomic E-state index is 10.4. The molecule has 0 saturated heterocycles. The summed E-state index contributed by atoms with van der Waals surface area (Å²) in [7, 11) is 0. The molecule has 3 nitrogen and oxygen atoms in total. The molecular weight excluding hydrogens is 420 g/mol. The third kappa shape index (κ3) is 6.01. The molecule has 194 valence electrons. The summed E-state index contributed by atoms with van der Waals surface area (Å²) in [5.41, 5.74) is 4.40. The van der Waals surface area contributed by atoms with Crippen molar-refractivity contribution in [3.05, 3.63) is 22.8 Å². The first kappa shape index (κ1) is 26.4. The summed E-state index contributed by atoms with van der Waals surface area (Å²) in [6.07, 6.45) is 18.9. The summed E-state index contributed by atoms with van der Waals surface area (Å²) < 4.78 is 0. The maximum absolute atomic E-state index is 10.4. The number of fused-ring (bicyclic) bond motifs is 1. The lowest BCUT2D eigenvalue weighted by Gasteiger charge is -2.45. The molecule has 0 amide bonds. The van der Waals surface area contributed by atoms with Gasteiger partial charge in [-0.1, -0.05) is 56.8 Å². The van der Waals surface area contributed by atoms with Crippen molar-refractivity contribution >= 4 is 0 Å². The van der Waals surface area contributed by atoms with Gasteiger partial charge in [0, 0.05) is 0 Å². The average molecular weight is 473 g/mol. The number of hydrogen-bond acceptors (Lipinski definition) is 3. The van der Waals surface area contributed by atoms with Crippen LogP contribution in [0.5, 0.6) is 0 Å². The van der Waals surface area contributed by atoms with Gasteiger partial charge in [-0.25, -0.2) is 0 Å². The molecular formula is C31H52O3. The standard InChI is InChI=1S/C31H52O3/c1-21(9-7-15-30(2,3)34)28-13-14-29-23(12-8-16-31(28,29)4)19-27(22-10-5-6-11-22)24-17-25(32)20-26(33)18-24/h19,21-22,25-26,28-29,32-34H,5-18,20H2,1-4H3/b23-19+/t21-,25-,26-,28-,29+,31-/m1/s1. The number of hydrogen-bond donors (Lipinski definition) is 3. The third-order valence-corrected chi connectivity index (χ3v) is 10.2. The highest BCUT2D eigenvalue weighted by atomic mass is 16.3. The second kappa shape index (κ2) is 10.8. The predicted molar refractivity (Wildman–Crippen MR) is 140 cm³/mol. The SMILES string of the molecule is C[C@H](CCCC(C)(C)O)[C@H]1CC[C@H]2/C(=C/C(=C3C[C@@H](O)C[C@H](O)C3)C3CCCC3)CCC[C@]12C. The minimum atomic E-state index is -0.549. The first-order valence-corrected chi connectivity index (χ1v) is 14.6. The van der Waals surface area contributed by atoms with Crippen LogP contribution in [0, 0.1) is 29.1 Å². The van der Waals surface area contributed by atoms with Crippen LogP contribution in [0.1, 0.15) is 124 Å². The Morgan fingerprint density at radius 3 is 2.38 bits per heavy atom. The van der Waals surface area contributed by atoms with Crippen LogP contribution in [-0.4, -0.2) is 33.1 Å². The Hall–Kier alpha value is -0.640. The smallest absolute Gasteiger partial charge is 0.0602 e. The molecule has 0 spiro atoms. The first-order valence-electron chi connectivity index (χ1n) is 14.6. The molecule has 6 atom stereocenters. The van der Waals surface area contributed by atoms with Gasteiger partial charge in [0.05, 0.1) is 17.8 Å². The van der Waals surface area contributed by atoms with Gasteiger partial charge in [-0.15, -0.1) is 0 Å². The van der Waals surface area contributed by atoms with Crippen molar-refractivity contribution in [2.24, 2.45) is 29.1 Å². The summed E-state index contributed by atoms with van der Waals surface area (Å²) >= 11 is 0. The van der Waals surface area contributed by atoms with E-state index < -0.39 is 5.60 Å². The number of rotatable bonds is 7. The van der Waals surface area contributed by atoms with E-state index >= 15 is 0 Å². The number of aliphatic hydroxyl groups excluding tert-OH is 2. The van der Waals surface area contributed by atoms with E-state index in [2.05, 4.69) is 19.9 Å². The van der Waals surface area contributed by atoms with E-state index in [0.29, 0.717) is 29.6 Å². The molecule has 4 saturated carbocycles. The summed E-state index contributed by atoms with van der Waals surface area (Å²) in [5.74, 6) is 2.82. The Balaban J connectivity index is 1.55. The van der Waals surface area contributed by atoms with E-state index in [9.17, 15) is 15.3 Å². The maximum Gasteiger partial charge on any atom is 0.0602 e. The fourth-order valence-corrected chi connectivity index (χ4v) is 8.56. The van der Waals surface area contributed by atoms with Gasteiger partial charge in [0.1, 0.15) is 0 Å². The Kier molecular flexibility index (Phi) is 8.37. The van der Waals surface area contributed by atoms with E-state index in [1.807, 2.05) is 13.8 Å². The van der Waals surface area contributed by atoms with Crippen LogP contribution in [-0.2, 0) is 0 Å². The molecule has 4 fully saturated rings. The van der Waals surface area contributed by atoms with Crippen LogP contribution in [0.3, 0.4) is 0 Å².